The van der Waals surface area contributed by atoms with Crippen LogP contribution in [0.3, 0.4) is 0 Å². The Labute approximate surface area is 123 Å². The molecule has 2 aromatic heterocycles. The van der Waals surface area contributed by atoms with Gasteiger partial charge in [0.2, 0.25) is 0 Å². The molecular weight excluding hydrogens is 268 g/mol. The van der Waals surface area contributed by atoms with Crippen LogP contribution < -0.4 is 5.32 Å². The predicted octanol–water partition coefficient (Wildman–Crippen LogP) is 2.63. The van der Waals surface area contributed by atoms with Crippen molar-refractivity contribution in [1.29, 1.82) is 0 Å². The fraction of sp³-hybridized carbons (Fsp3) is 0.600. The van der Waals surface area contributed by atoms with Gasteiger partial charge in [0.1, 0.15) is 5.76 Å². The highest BCUT2D eigenvalue weighted by Gasteiger charge is 2.28. The number of nitrogens with zero attached hydrogens (tertiary/aromatic N) is 3. The maximum absolute atomic E-state index is 5.75. The van der Waals surface area contributed by atoms with Crippen LogP contribution in [-0.4, -0.2) is 28.0 Å². The van der Waals surface area contributed by atoms with Gasteiger partial charge in [0.25, 0.3) is 0 Å². The molecule has 0 radical (unpaired) electrons. The average molecular weight is 288 g/mol. The van der Waals surface area contributed by atoms with E-state index in [1.807, 2.05) is 12.4 Å². The SMILES string of the molecule is Cc1c(NCc2cnc(C3CC3)o2)cnn1C1CCOC1. The summed E-state index contributed by atoms with van der Waals surface area (Å²) in [4.78, 5) is 4.34. The van der Waals surface area contributed by atoms with Crippen LogP contribution in [0.25, 0.3) is 0 Å². The molecule has 2 aliphatic rings. The summed E-state index contributed by atoms with van der Waals surface area (Å²) in [7, 11) is 0. The highest BCUT2D eigenvalue weighted by Crippen LogP contribution is 2.39. The number of hydrogen-bond acceptors (Lipinski definition) is 5. The number of hydrogen-bond donors (Lipinski definition) is 1. The van der Waals surface area contributed by atoms with Crippen LogP contribution in [0.4, 0.5) is 5.69 Å². The van der Waals surface area contributed by atoms with Gasteiger partial charge in [-0.2, -0.15) is 5.10 Å². The summed E-state index contributed by atoms with van der Waals surface area (Å²) >= 11 is 0. The Morgan fingerprint density at radius 3 is 3.00 bits per heavy atom. The Hall–Kier alpha value is -1.82. The first-order valence-corrected chi connectivity index (χ1v) is 7.61. The Morgan fingerprint density at radius 2 is 2.24 bits per heavy atom. The van der Waals surface area contributed by atoms with Gasteiger partial charge in [-0.3, -0.25) is 4.68 Å². The van der Waals surface area contributed by atoms with E-state index in [0.717, 1.165) is 42.7 Å². The maximum Gasteiger partial charge on any atom is 0.197 e. The van der Waals surface area contributed by atoms with Crippen molar-refractivity contribution in [1.82, 2.24) is 14.8 Å². The largest absolute Gasteiger partial charge is 0.444 e. The third kappa shape index (κ3) is 2.55. The van der Waals surface area contributed by atoms with Gasteiger partial charge >= 0.3 is 0 Å². The van der Waals surface area contributed by atoms with E-state index in [-0.39, 0.29) is 0 Å². The molecule has 1 unspecified atom stereocenters. The molecule has 1 atom stereocenters. The smallest absolute Gasteiger partial charge is 0.197 e. The number of oxazole rings is 1. The molecular formula is C15H20N4O2. The first kappa shape index (κ1) is 12.9. The molecule has 0 aromatic carbocycles. The molecule has 3 heterocycles. The monoisotopic (exact) mass is 288 g/mol. The lowest BCUT2D eigenvalue weighted by Crippen LogP contribution is -2.12. The number of nitrogens with one attached hydrogen (secondary N) is 1. The normalized spacial score (nSPS) is 21.9. The molecule has 4 rings (SSSR count). The van der Waals surface area contributed by atoms with E-state index in [2.05, 4.69) is 27.0 Å². The summed E-state index contributed by atoms with van der Waals surface area (Å²) in [5.74, 6) is 2.33. The van der Waals surface area contributed by atoms with Crippen LogP contribution in [0, 0.1) is 6.92 Å². The second-order valence-corrected chi connectivity index (χ2v) is 5.90. The lowest BCUT2D eigenvalue weighted by molar-refractivity contribution is 0.184. The number of aromatic nitrogens is 3. The van der Waals surface area contributed by atoms with E-state index in [4.69, 9.17) is 9.15 Å². The molecule has 21 heavy (non-hydrogen) atoms. The molecule has 1 saturated heterocycles. The van der Waals surface area contributed by atoms with Crippen molar-refractivity contribution in [3.8, 4) is 0 Å². The number of ether oxygens (including phenoxy) is 1. The molecule has 2 aromatic rings. The second-order valence-electron chi connectivity index (χ2n) is 5.90. The lowest BCUT2D eigenvalue weighted by atomic mass is 10.2. The minimum Gasteiger partial charge on any atom is -0.444 e. The Bertz CT molecular complexity index is 623. The molecule has 0 amide bonds. The zero-order chi connectivity index (χ0) is 14.2. The van der Waals surface area contributed by atoms with Gasteiger partial charge in [-0.25, -0.2) is 4.98 Å². The summed E-state index contributed by atoms with van der Waals surface area (Å²) < 4.78 is 13.2. The highest BCUT2D eigenvalue weighted by molar-refractivity contribution is 5.46. The first-order valence-electron chi connectivity index (χ1n) is 7.61. The standard InChI is InChI=1S/C15H20N4O2/c1-10-14(8-18-19(10)12-4-5-20-9-12)16-6-13-7-17-15(21-13)11-2-3-11/h7-8,11-12,16H,2-6,9H2,1H3. The summed E-state index contributed by atoms with van der Waals surface area (Å²) in [6.07, 6.45) is 7.16. The molecule has 2 fully saturated rings. The van der Waals surface area contributed by atoms with Crippen LogP contribution in [0.2, 0.25) is 0 Å². The van der Waals surface area contributed by atoms with Crippen LogP contribution in [-0.2, 0) is 11.3 Å². The van der Waals surface area contributed by atoms with Gasteiger partial charge in [-0.15, -0.1) is 0 Å². The van der Waals surface area contributed by atoms with E-state index in [1.165, 1.54) is 12.8 Å². The van der Waals surface area contributed by atoms with Gasteiger partial charge < -0.3 is 14.5 Å². The van der Waals surface area contributed by atoms with E-state index in [1.54, 1.807) is 0 Å². The van der Waals surface area contributed by atoms with Crippen LogP contribution >= 0.6 is 0 Å². The molecule has 6 nitrogen and oxygen atoms in total. The van der Waals surface area contributed by atoms with E-state index in [9.17, 15) is 0 Å². The van der Waals surface area contributed by atoms with E-state index < -0.39 is 0 Å². The van der Waals surface area contributed by atoms with Crippen molar-refractivity contribution in [2.45, 2.75) is 44.7 Å². The van der Waals surface area contributed by atoms with Crippen LogP contribution in [0.15, 0.2) is 16.8 Å². The summed E-state index contributed by atoms with van der Waals surface area (Å²) in [5.41, 5.74) is 2.19. The van der Waals surface area contributed by atoms with Crippen molar-refractivity contribution in [2.24, 2.45) is 0 Å². The van der Waals surface area contributed by atoms with Gasteiger partial charge in [0.15, 0.2) is 5.89 Å². The van der Waals surface area contributed by atoms with E-state index >= 15 is 0 Å². The minimum atomic E-state index is 0.368. The Morgan fingerprint density at radius 1 is 1.33 bits per heavy atom. The van der Waals surface area contributed by atoms with Gasteiger partial charge in [-0.05, 0) is 26.2 Å². The topological polar surface area (TPSA) is 65.1 Å². The van der Waals surface area contributed by atoms with Crippen LogP contribution in [0.5, 0.6) is 0 Å². The molecule has 0 spiro atoms. The molecule has 6 heteroatoms. The molecule has 1 aliphatic heterocycles. The fourth-order valence-corrected chi connectivity index (χ4v) is 2.79. The van der Waals surface area contributed by atoms with Crippen molar-refractivity contribution in [3.05, 3.63) is 29.7 Å². The fourth-order valence-electron chi connectivity index (χ4n) is 2.79. The van der Waals surface area contributed by atoms with Gasteiger partial charge in [0.05, 0.1) is 43.0 Å². The Kier molecular flexibility index (Phi) is 3.18. The second kappa shape index (κ2) is 5.18. The average Bonchev–Trinajstić information content (AvgIpc) is 2.92. The summed E-state index contributed by atoms with van der Waals surface area (Å²) in [6.45, 7) is 4.32. The Balaban J connectivity index is 1.41. The number of anilines is 1. The van der Waals surface area contributed by atoms with Crippen molar-refractivity contribution < 1.29 is 9.15 Å². The predicted molar refractivity (Wildman–Crippen MR) is 77.2 cm³/mol. The third-order valence-corrected chi connectivity index (χ3v) is 4.25. The molecule has 112 valence electrons. The minimum absolute atomic E-state index is 0.368. The van der Waals surface area contributed by atoms with E-state index in [0.29, 0.717) is 18.5 Å². The third-order valence-electron chi connectivity index (χ3n) is 4.25. The molecule has 1 aliphatic carbocycles. The highest BCUT2D eigenvalue weighted by atomic mass is 16.5. The zero-order valence-electron chi connectivity index (χ0n) is 12.2. The molecule has 0 bridgehead atoms. The quantitative estimate of drug-likeness (QED) is 0.916. The molecule has 1 N–H and O–H groups in total. The van der Waals surface area contributed by atoms with Crippen LogP contribution in [0.1, 0.15) is 48.6 Å². The summed E-state index contributed by atoms with van der Waals surface area (Å²) in [6, 6.07) is 0.368. The molecule has 1 saturated carbocycles. The van der Waals surface area contributed by atoms with Crippen molar-refractivity contribution >= 4 is 5.69 Å². The zero-order valence-corrected chi connectivity index (χ0v) is 12.2. The van der Waals surface area contributed by atoms with Crippen molar-refractivity contribution in [2.75, 3.05) is 18.5 Å². The maximum atomic E-state index is 5.75. The van der Waals surface area contributed by atoms with Crippen molar-refractivity contribution in [3.63, 3.8) is 0 Å². The van der Waals surface area contributed by atoms with Gasteiger partial charge in [-0.1, -0.05) is 0 Å². The summed E-state index contributed by atoms with van der Waals surface area (Å²) in [5, 5.41) is 7.87. The van der Waals surface area contributed by atoms with Gasteiger partial charge in [0, 0.05) is 12.5 Å². The first-order chi connectivity index (χ1) is 10.3. The number of rotatable bonds is 5. The lowest BCUT2D eigenvalue weighted by Gasteiger charge is -2.11.